The van der Waals surface area contributed by atoms with E-state index >= 15 is 0 Å². The standard InChI is InChI=1S/C26H18N2O2/c29-19-27-26(28-20-30)17-16-22(21-10-4-1-5-11-21)18-25(26,23-12-6-2-7-13-23)24-14-8-3-9-15-24/h1-18H. The van der Waals surface area contributed by atoms with E-state index in [0.717, 1.165) is 22.3 Å². The van der Waals surface area contributed by atoms with E-state index in [9.17, 15) is 9.59 Å². The third-order valence-corrected chi connectivity index (χ3v) is 5.45. The smallest absolute Gasteiger partial charge is 0.211 e. The number of hydrogen-bond donors (Lipinski definition) is 0. The Kier molecular flexibility index (Phi) is 5.19. The highest BCUT2D eigenvalue weighted by atomic mass is 16.1. The molecule has 1 aliphatic rings. The summed E-state index contributed by atoms with van der Waals surface area (Å²) in [5.74, 6) is 0. The first-order chi connectivity index (χ1) is 14.8. The van der Waals surface area contributed by atoms with E-state index in [1.807, 2.05) is 103 Å². The maximum atomic E-state index is 11.5. The molecule has 30 heavy (non-hydrogen) atoms. The summed E-state index contributed by atoms with van der Waals surface area (Å²) in [5, 5.41) is 0. The molecule has 0 unspecified atom stereocenters. The van der Waals surface area contributed by atoms with Crippen LogP contribution in [0.2, 0.25) is 0 Å². The van der Waals surface area contributed by atoms with Gasteiger partial charge in [-0.3, -0.25) is 0 Å². The molecule has 4 rings (SSSR count). The van der Waals surface area contributed by atoms with Crippen molar-refractivity contribution >= 4 is 17.7 Å². The van der Waals surface area contributed by atoms with Gasteiger partial charge in [0.2, 0.25) is 17.8 Å². The summed E-state index contributed by atoms with van der Waals surface area (Å²) >= 11 is 0. The largest absolute Gasteiger partial charge is 0.237 e. The Hall–Kier alpha value is -4.10. The van der Waals surface area contributed by atoms with Gasteiger partial charge in [-0.2, -0.15) is 9.98 Å². The second-order valence-electron chi connectivity index (χ2n) is 6.97. The maximum Gasteiger partial charge on any atom is 0.237 e. The van der Waals surface area contributed by atoms with Gasteiger partial charge in [-0.15, -0.1) is 0 Å². The maximum absolute atomic E-state index is 11.5. The van der Waals surface area contributed by atoms with Crippen molar-refractivity contribution in [3.8, 4) is 0 Å². The molecule has 1 aliphatic carbocycles. The molecule has 0 bridgehead atoms. The summed E-state index contributed by atoms with van der Waals surface area (Å²) in [5.41, 5.74) is 1.02. The Labute approximate surface area is 174 Å². The fraction of sp³-hybridized carbons (Fsp3) is 0.0769. The van der Waals surface area contributed by atoms with Crippen molar-refractivity contribution in [1.82, 2.24) is 0 Å². The number of benzene rings is 3. The van der Waals surface area contributed by atoms with Crippen molar-refractivity contribution < 1.29 is 9.59 Å². The molecule has 0 radical (unpaired) electrons. The van der Waals surface area contributed by atoms with Gasteiger partial charge in [0.05, 0.1) is 5.41 Å². The highest BCUT2D eigenvalue weighted by Crippen LogP contribution is 2.50. The number of rotatable bonds is 5. The SMILES string of the molecule is O=C=NC1(N=C=O)C=CC(c2ccccc2)=CC1(c1ccccc1)c1ccccc1. The molecular formula is C26H18N2O2. The van der Waals surface area contributed by atoms with Gasteiger partial charge in [0, 0.05) is 0 Å². The van der Waals surface area contributed by atoms with E-state index in [1.165, 1.54) is 0 Å². The van der Waals surface area contributed by atoms with Crippen molar-refractivity contribution in [2.45, 2.75) is 11.1 Å². The Balaban J connectivity index is 2.14. The first-order valence-electron chi connectivity index (χ1n) is 9.52. The highest BCUT2D eigenvalue weighted by Gasteiger charge is 2.54. The molecule has 0 aromatic heterocycles. The van der Waals surface area contributed by atoms with Crippen molar-refractivity contribution in [2.24, 2.45) is 9.98 Å². The van der Waals surface area contributed by atoms with Crippen molar-refractivity contribution in [2.75, 3.05) is 0 Å². The van der Waals surface area contributed by atoms with E-state index in [0.29, 0.717) is 0 Å². The van der Waals surface area contributed by atoms with Crippen molar-refractivity contribution in [1.29, 1.82) is 0 Å². The molecule has 0 atom stereocenters. The first-order valence-corrected chi connectivity index (χ1v) is 9.52. The lowest BCUT2D eigenvalue weighted by atomic mass is 9.62. The van der Waals surface area contributed by atoms with Gasteiger partial charge in [-0.05, 0) is 28.3 Å². The molecule has 144 valence electrons. The van der Waals surface area contributed by atoms with Crippen LogP contribution in [0.3, 0.4) is 0 Å². The summed E-state index contributed by atoms with van der Waals surface area (Å²) in [7, 11) is 0. The molecule has 0 amide bonds. The van der Waals surface area contributed by atoms with Gasteiger partial charge in [0.15, 0.2) is 0 Å². The predicted molar refractivity (Wildman–Crippen MR) is 116 cm³/mol. The number of hydrogen-bond acceptors (Lipinski definition) is 4. The predicted octanol–water partition coefficient (Wildman–Crippen LogP) is 4.99. The third kappa shape index (κ3) is 3.07. The van der Waals surface area contributed by atoms with Gasteiger partial charge < -0.3 is 0 Å². The first kappa shape index (κ1) is 19.2. The number of carbonyl (C=O) groups excluding carboxylic acids is 2. The minimum atomic E-state index is -1.54. The summed E-state index contributed by atoms with van der Waals surface area (Å²) in [6, 6.07) is 29.2. The molecule has 4 heteroatoms. The van der Waals surface area contributed by atoms with Crippen LogP contribution >= 0.6 is 0 Å². The van der Waals surface area contributed by atoms with Crippen LogP contribution in [0.5, 0.6) is 0 Å². The third-order valence-electron chi connectivity index (χ3n) is 5.45. The lowest BCUT2D eigenvalue weighted by Gasteiger charge is -2.44. The lowest BCUT2D eigenvalue weighted by Crippen LogP contribution is -2.49. The van der Waals surface area contributed by atoms with Crippen LogP contribution in [0.15, 0.2) is 119 Å². The minimum Gasteiger partial charge on any atom is -0.211 e. The van der Waals surface area contributed by atoms with Crippen LogP contribution < -0.4 is 0 Å². The average molecular weight is 390 g/mol. The van der Waals surface area contributed by atoms with Crippen molar-refractivity contribution in [3.63, 3.8) is 0 Å². The summed E-state index contributed by atoms with van der Waals surface area (Å²) < 4.78 is 0. The number of nitrogens with zero attached hydrogens (tertiary/aromatic N) is 2. The van der Waals surface area contributed by atoms with Crippen molar-refractivity contribution in [3.05, 3.63) is 126 Å². The second-order valence-corrected chi connectivity index (χ2v) is 6.97. The van der Waals surface area contributed by atoms with Crippen LogP contribution in [0, 0.1) is 0 Å². The molecule has 0 spiro atoms. The topological polar surface area (TPSA) is 58.9 Å². The van der Waals surface area contributed by atoms with Gasteiger partial charge in [-0.25, -0.2) is 9.59 Å². The molecule has 4 nitrogen and oxygen atoms in total. The van der Waals surface area contributed by atoms with Crippen LogP contribution in [-0.4, -0.2) is 17.8 Å². The molecule has 3 aromatic carbocycles. The van der Waals surface area contributed by atoms with Gasteiger partial charge >= 0.3 is 0 Å². The van der Waals surface area contributed by atoms with Crippen LogP contribution in [0.25, 0.3) is 5.57 Å². The molecular weight excluding hydrogens is 372 g/mol. The average Bonchev–Trinajstić information content (AvgIpc) is 2.81. The van der Waals surface area contributed by atoms with Gasteiger partial charge in [0.1, 0.15) is 0 Å². The lowest BCUT2D eigenvalue weighted by molar-refractivity contribution is 0.392. The van der Waals surface area contributed by atoms with Gasteiger partial charge in [0.25, 0.3) is 0 Å². The highest BCUT2D eigenvalue weighted by molar-refractivity contribution is 5.80. The van der Waals surface area contributed by atoms with Crippen LogP contribution in [0.4, 0.5) is 0 Å². The fourth-order valence-electron chi connectivity index (χ4n) is 4.11. The Morgan fingerprint density at radius 3 is 1.57 bits per heavy atom. The van der Waals surface area contributed by atoms with Gasteiger partial charge in [-0.1, -0.05) is 103 Å². The van der Waals surface area contributed by atoms with E-state index in [1.54, 1.807) is 18.2 Å². The zero-order chi connectivity index (χ0) is 20.9. The summed E-state index contributed by atoms with van der Waals surface area (Å²) in [6.07, 6.45) is 8.81. The monoisotopic (exact) mass is 390 g/mol. The number of allylic oxidation sites excluding steroid dienone is 2. The van der Waals surface area contributed by atoms with Crippen LogP contribution in [-0.2, 0) is 15.0 Å². The summed E-state index contributed by atoms with van der Waals surface area (Å²) in [6.45, 7) is 0. The number of aliphatic imine (C=N–C) groups is 2. The number of isocyanates is 2. The molecule has 3 aromatic rings. The Morgan fingerprint density at radius 2 is 1.10 bits per heavy atom. The molecule has 0 saturated carbocycles. The molecule has 0 N–H and O–H groups in total. The molecule has 0 fully saturated rings. The zero-order valence-electron chi connectivity index (χ0n) is 16.1. The molecule has 0 aliphatic heterocycles. The summed E-state index contributed by atoms with van der Waals surface area (Å²) in [4.78, 5) is 31.2. The molecule has 0 heterocycles. The second kappa shape index (κ2) is 8.10. The van der Waals surface area contributed by atoms with E-state index in [4.69, 9.17) is 0 Å². The molecule has 0 saturated heterocycles. The van der Waals surface area contributed by atoms with E-state index < -0.39 is 11.1 Å². The quantitative estimate of drug-likeness (QED) is 0.455. The Morgan fingerprint density at radius 1 is 0.633 bits per heavy atom. The van der Waals surface area contributed by atoms with E-state index in [2.05, 4.69) is 9.98 Å². The van der Waals surface area contributed by atoms with Crippen LogP contribution in [0.1, 0.15) is 16.7 Å². The van der Waals surface area contributed by atoms with E-state index in [-0.39, 0.29) is 0 Å². The normalized spacial score (nSPS) is 19.1. The minimum absolute atomic E-state index is 0.840. The zero-order valence-corrected chi connectivity index (χ0v) is 16.1. The fourth-order valence-corrected chi connectivity index (χ4v) is 4.11. The Bertz CT molecular complexity index is 1130.